The number of rotatable bonds is 8. The lowest BCUT2D eigenvalue weighted by molar-refractivity contribution is -0.0173. The first-order valence-electron chi connectivity index (χ1n) is 13.7. The van der Waals surface area contributed by atoms with Crippen LogP contribution in [-0.2, 0) is 18.0 Å². The highest BCUT2D eigenvalue weighted by atomic mass is 79.9. The third kappa shape index (κ3) is 7.87. The summed E-state index contributed by atoms with van der Waals surface area (Å²) in [4.78, 5) is 4.52. The van der Waals surface area contributed by atoms with Gasteiger partial charge in [0.05, 0.1) is 6.61 Å². The van der Waals surface area contributed by atoms with Crippen LogP contribution in [-0.4, -0.2) is 54.9 Å². The second kappa shape index (κ2) is 11.2. The molecule has 1 aliphatic heterocycles. The van der Waals surface area contributed by atoms with Crippen LogP contribution in [0.25, 0.3) is 0 Å². The molecule has 0 bridgehead atoms. The molecule has 5 nitrogen and oxygen atoms in total. The summed E-state index contributed by atoms with van der Waals surface area (Å²) in [5, 5.41) is 0.247. The Hall–Kier alpha value is 0.121. The zero-order valence-corrected chi connectivity index (χ0v) is 30.8. The van der Waals surface area contributed by atoms with Crippen molar-refractivity contribution in [2.45, 2.75) is 141 Å². The van der Waals surface area contributed by atoms with E-state index >= 15 is 0 Å². The van der Waals surface area contributed by atoms with Gasteiger partial charge in [0.15, 0.2) is 25.0 Å². The van der Waals surface area contributed by atoms with Crippen molar-refractivity contribution < 1.29 is 18.0 Å². The van der Waals surface area contributed by atoms with Gasteiger partial charge in [-0.15, -0.1) is 0 Å². The molecule has 0 N–H and O–H groups in total. The van der Waals surface area contributed by atoms with Gasteiger partial charge in [-0.05, 0) is 76.4 Å². The second-order valence-corrected chi connectivity index (χ2v) is 30.4. The van der Waals surface area contributed by atoms with Gasteiger partial charge < -0.3 is 18.0 Å². The molecule has 1 saturated heterocycles. The highest BCUT2D eigenvalue weighted by Crippen LogP contribution is 2.47. The predicted octanol–water partition coefficient (Wildman–Crippen LogP) is 9.09. The molecule has 2 heterocycles. The van der Waals surface area contributed by atoms with Gasteiger partial charge in [0.1, 0.15) is 29.0 Å². The van der Waals surface area contributed by atoms with Crippen LogP contribution in [0.1, 0.15) is 74.0 Å². The minimum atomic E-state index is -2.14. The van der Waals surface area contributed by atoms with Crippen LogP contribution in [0.4, 0.5) is 0 Å². The number of aromatic nitrogens is 1. The van der Waals surface area contributed by atoms with Crippen molar-refractivity contribution in [1.82, 2.24) is 4.98 Å². The first-order chi connectivity index (χ1) is 16.4. The largest absolute Gasteiger partial charge is 0.414 e. The fraction of sp³-hybridized carbons (Fsp3) is 0.821. The van der Waals surface area contributed by atoms with Crippen LogP contribution < -0.4 is 0 Å². The zero-order valence-electron chi connectivity index (χ0n) is 26.2. The molecular formula is C28H54BrNO4Si3. The molecule has 214 valence electrons. The summed E-state index contributed by atoms with van der Waals surface area (Å²) >= 11 is 3.48. The summed E-state index contributed by atoms with van der Waals surface area (Å²) in [5.41, 5.74) is 1.02. The molecule has 37 heavy (non-hydrogen) atoms. The van der Waals surface area contributed by atoms with Crippen molar-refractivity contribution in [1.29, 1.82) is 0 Å². The van der Waals surface area contributed by atoms with Gasteiger partial charge in [0.2, 0.25) is 0 Å². The Morgan fingerprint density at radius 1 is 0.757 bits per heavy atom. The standard InChI is InChI=1S/C28H54BrNO4Si3/c1-26(2,3)35(10,11)31-19-21-24(33-36(12,13)27(4,5)6)25(34-37(14,15)28(7,8)9)23(32-21)20-16-17-22(29)30-18-20/h16-18,21,23-25H,19H2,1-15H3/t21-,23+,24-,25+/m1/s1. The van der Waals surface area contributed by atoms with Crippen LogP contribution in [0.5, 0.6) is 0 Å². The molecule has 1 fully saturated rings. The molecule has 9 heteroatoms. The molecular weight excluding hydrogens is 578 g/mol. The minimum absolute atomic E-state index is 0.0623. The first kappa shape index (κ1) is 33.3. The monoisotopic (exact) mass is 631 g/mol. The van der Waals surface area contributed by atoms with E-state index in [-0.39, 0.29) is 39.5 Å². The van der Waals surface area contributed by atoms with E-state index in [9.17, 15) is 0 Å². The van der Waals surface area contributed by atoms with Crippen LogP contribution >= 0.6 is 15.9 Å². The van der Waals surface area contributed by atoms with E-state index in [1.54, 1.807) is 0 Å². The van der Waals surface area contributed by atoms with Crippen molar-refractivity contribution in [2.24, 2.45) is 0 Å². The van der Waals surface area contributed by atoms with E-state index in [4.69, 9.17) is 18.0 Å². The summed E-state index contributed by atoms with van der Waals surface area (Å²) in [7, 11) is -6.26. The van der Waals surface area contributed by atoms with E-state index in [0.717, 1.165) is 10.2 Å². The molecule has 1 aromatic heterocycles. The lowest BCUT2D eigenvalue weighted by atomic mass is 10.0. The maximum absolute atomic E-state index is 7.19. The summed E-state index contributed by atoms with van der Waals surface area (Å²) in [6.45, 7) is 34.9. The third-order valence-corrected chi connectivity index (χ3v) is 23.2. The highest BCUT2D eigenvalue weighted by Gasteiger charge is 2.54. The SMILES string of the molecule is CC(C)(C)[Si](C)(C)OC[C@H]1O[C@@H](c2ccc(Br)nc2)[C@H](O[Si](C)(C)C(C)(C)C)[C@@H]1O[Si](C)(C)C(C)(C)C. The second-order valence-electron chi connectivity index (χ2n) is 15.3. The van der Waals surface area contributed by atoms with E-state index < -0.39 is 25.0 Å². The van der Waals surface area contributed by atoms with Gasteiger partial charge in [-0.1, -0.05) is 68.4 Å². The Kier molecular flexibility index (Phi) is 10.1. The normalized spacial score (nSPS) is 24.5. The fourth-order valence-electron chi connectivity index (χ4n) is 3.50. The quantitative estimate of drug-likeness (QED) is 0.211. The Bertz CT molecular complexity index is 902. The summed E-state index contributed by atoms with van der Waals surface area (Å²) < 4.78 is 28.8. The maximum atomic E-state index is 7.19. The van der Waals surface area contributed by atoms with Gasteiger partial charge >= 0.3 is 0 Å². The highest BCUT2D eigenvalue weighted by molar-refractivity contribution is 9.10. The average Bonchev–Trinajstić information content (AvgIpc) is 3.00. The van der Waals surface area contributed by atoms with Crippen molar-refractivity contribution in [2.75, 3.05) is 6.61 Å². The van der Waals surface area contributed by atoms with Crippen molar-refractivity contribution in [3.63, 3.8) is 0 Å². The molecule has 0 radical (unpaired) electrons. The van der Waals surface area contributed by atoms with Gasteiger partial charge in [-0.25, -0.2) is 4.98 Å². The number of pyridine rings is 1. The van der Waals surface area contributed by atoms with Crippen LogP contribution in [0.15, 0.2) is 22.9 Å². The summed E-state index contributed by atoms with van der Waals surface area (Å²) in [5.74, 6) is 0. The molecule has 0 saturated carbocycles. The minimum Gasteiger partial charge on any atom is -0.414 e. The number of hydrogen-bond donors (Lipinski definition) is 0. The predicted molar refractivity (Wildman–Crippen MR) is 167 cm³/mol. The molecule has 1 aromatic rings. The molecule has 0 spiro atoms. The van der Waals surface area contributed by atoms with Crippen LogP contribution in [0, 0.1) is 0 Å². The van der Waals surface area contributed by atoms with Gasteiger partial charge in [0, 0.05) is 11.8 Å². The molecule has 0 aliphatic carbocycles. The third-order valence-electron chi connectivity index (χ3n) is 9.28. The van der Waals surface area contributed by atoms with E-state index in [2.05, 4.69) is 129 Å². The van der Waals surface area contributed by atoms with Crippen molar-refractivity contribution >= 4 is 40.9 Å². The number of halogens is 1. The van der Waals surface area contributed by atoms with Crippen molar-refractivity contribution in [3.8, 4) is 0 Å². The Labute approximate surface area is 239 Å². The Balaban J connectivity index is 2.57. The molecule has 0 aromatic carbocycles. The molecule has 2 rings (SSSR count). The molecule has 4 atom stereocenters. The van der Waals surface area contributed by atoms with Crippen LogP contribution in [0.3, 0.4) is 0 Å². The number of ether oxygens (including phenoxy) is 1. The lowest BCUT2D eigenvalue weighted by Gasteiger charge is -2.44. The topological polar surface area (TPSA) is 49.8 Å². The number of hydrogen-bond acceptors (Lipinski definition) is 5. The Morgan fingerprint density at radius 2 is 1.22 bits per heavy atom. The van der Waals surface area contributed by atoms with Gasteiger partial charge in [-0.3, -0.25) is 0 Å². The maximum Gasteiger partial charge on any atom is 0.192 e. The van der Waals surface area contributed by atoms with E-state index in [0.29, 0.717) is 6.61 Å². The van der Waals surface area contributed by atoms with Crippen molar-refractivity contribution in [3.05, 3.63) is 28.5 Å². The first-order valence-corrected chi connectivity index (χ1v) is 23.2. The fourth-order valence-corrected chi connectivity index (χ4v) is 7.36. The lowest BCUT2D eigenvalue weighted by Crippen LogP contribution is -2.54. The summed E-state index contributed by atoms with van der Waals surface area (Å²) in [6.07, 6.45) is 0.973. The van der Waals surface area contributed by atoms with E-state index in [1.165, 1.54) is 0 Å². The van der Waals surface area contributed by atoms with E-state index in [1.807, 2.05) is 12.3 Å². The molecule has 1 aliphatic rings. The van der Waals surface area contributed by atoms with Crippen LogP contribution in [0.2, 0.25) is 54.4 Å². The van der Waals surface area contributed by atoms with Gasteiger partial charge in [0.25, 0.3) is 0 Å². The smallest absolute Gasteiger partial charge is 0.192 e. The van der Waals surface area contributed by atoms with Gasteiger partial charge in [-0.2, -0.15) is 0 Å². The number of nitrogens with zero attached hydrogens (tertiary/aromatic N) is 1. The molecule has 0 amide bonds. The summed E-state index contributed by atoms with van der Waals surface area (Å²) in [6, 6.07) is 4.06. The zero-order chi connectivity index (χ0) is 28.8. The molecule has 0 unspecified atom stereocenters. The average molecular weight is 633 g/mol. The Morgan fingerprint density at radius 3 is 1.62 bits per heavy atom.